The van der Waals surface area contributed by atoms with Gasteiger partial charge in [0.25, 0.3) is 0 Å². The summed E-state index contributed by atoms with van der Waals surface area (Å²) in [6.45, 7) is 9.62. The first kappa shape index (κ1) is 20.8. The van der Waals surface area contributed by atoms with Crippen LogP contribution in [0.25, 0.3) is 10.9 Å². The van der Waals surface area contributed by atoms with Crippen LogP contribution in [-0.2, 0) is 25.9 Å². The van der Waals surface area contributed by atoms with Crippen molar-refractivity contribution < 1.29 is 0 Å². The van der Waals surface area contributed by atoms with Gasteiger partial charge in [-0.1, -0.05) is 12.1 Å². The van der Waals surface area contributed by atoms with Gasteiger partial charge in [-0.2, -0.15) is 0 Å². The first-order valence-electron chi connectivity index (χ1n) is 8.87. The van der Waals surface area contributed by atoms with Gasteiger partial charge in [-0.05, 0) is 61.6 Å². The standard InChI is InChI=1S/C21H25N3.2ClH/c1-14-4-7-20-21(16(14)3)18-13-22-10-8-19(18)24(20)11-9-17-6-5-15(2)23-12-17;;/h4-7,12,22H,8-11,13H2,1-3H3;2*1H. The maximum Gasteiger partial charge on any atom is 0.0488 e. The molecule has 0 saturated heterocycles. The van der Waals surface area contributed by atoms with Crippen molar-refractivity contribution in [2.45, 2.75) is 46.7 Å². The first-order valence-corrected chi connectivity index (χ1v) is 8.87. The van der Waals surface area contributed by atoms with E-state index >= 15 is 0 Å². The van der Waals surface area contributed by atoms with Gasteiger partial charge in [-0.25, -0.2) is 0 Å². The molecule has 5 heteroatoms. The fraction of sp³-hybridized carbons (Fsp3) is 0.381. The molecule has 0 unspecified atom stereocenters. The van der Waals surface area contributed by atoms with E-state index in [9.17, 15) is 0 Å². The van der Waals surface area contributed by atoms with E-state index < -0.39 is 0 Å². The van der Waals surface area contributed by atoms with Gasteiger partial charge in [0.15, 0.2) is 0 Å². The molecule has 3 aromatic rings. The number of rotatable bonds is 3. The molecule has 0 radical (unpaired) electrons. The van der Waals surface area contributed by atoms with Gasteiger partial charge in [-0.15, -0.1) is 24.8 Å². The van der Waals surface area contributed by atoms with Crippen molar-refractivity contribution in [3.63, 3.8) is 0 Å². The van der Waals surface area contributed by atoms with E-state index in [1.54, 1.807) is 0 Å². The third-order valence-corrected chi connectivity index (χ3v) is 5.42. The number of benzene rings is 1. The van der Waals surface area contributed by atoms with E-state index in [-0.39, 0.29) is 24.8 Å². The van der Waals surface area contributed by atoms with E-state index in [2.05, 4.69) is 53.0 Å². The summed E-state index contributed by atoms with van der Waals surface area (Å²) in [5.41, 5.74) is 9.65. The zero-order valence-corrected chi connectivity index (χ0v) is 17.3. The average Bonchev–Trinajstić information content (AvgIpc) is 2.92. The van der Waals surface area contributed by atoms with E-state index in [0.717, 1.165) is 38.2 Å². The molecule has 3 heterocycles. The number of fused-ring (bicyclic) bond motifs is 3. The molecule has 1 aromatic carbocycles. The molecule has 26 heavy (non-hydrogen) atoms. The van der Waals surface area contributed by atoms with Crippen LogP contribution in [0.3, 0.4) is 0 Å². The lowest BCUT2D eigenvalue weighted by molar-refractivity contribution is 0.594. The van der Waals surface area contributed by atoms with Gasteiger partial charge in [-0.3, -0.25) is 4.98 Å². The van der Waals surface area contributed by atoms with E-state index in [0.29, 0.717) is 0 Å². The zero-order valence-electron chi connectivity index (χ0n) is 15.6. The second kappa shape index (κ2) is 8.43. The van der Waals surface area contributed by atoms with Crippen LogP contribution >= 0.6 is 24.8 Å². The molecule has 1 N–H and O–H groups in total. The van der Waals surface area contributed by atoms with Crippen molar-refractivity contribution in [3.05, 3.63) is 64.1 Å². The molecule has 0 spiro atoms. The van der Waals surface area contributed by atoms with Crippen LogP contribution in [-0.4, -0.2) is 16.1 Å². The second-order valence-electron chi connectivity index (χ2n) is 6.96. The summed E-state index contributed by atoms with van der Waals surface area (Å²) in [6, 6.07) is 8.89. The normalized spacial score (nSPS) is 13.0. The Hall–Kier alpha value is -1.55. The van der Waals surface area contributed by atoms with Crippen molar-refractivity contribution in [1.82, 2.24) is 14.9 Å². The minimum atomic E-state index is 0. The van der Waals surface area contributed by atoms with Crippen molar-refractivity contribution in [3.8, 4) is 0 Å². The third-order valence-electron chi connectivity index (χ3n) is 5.42. The first-order chi connectivity index (χ1) is 11.6. The van der Waals surface area contributed by atoms with Crippen LogP contribution in [0.2, 0.25) is 0 Å². The van der Waals surface area contributed by atoms with Crippen LogP contribution in [0.1, 0.15) is 33.6 Å². The summed E-state index contributed by atoms with van der Waals surface area (Å²) in [7, 11) is 0. The number of aryl methyl sites for hydroxylation is 5. The molecule has 0 saturated carbocycles. The number of nitrogens with one attached hydrogen (secondary N) is 1. The highest BCUT2D eigenvalue weighted by Crippen LogP contribution is 2.32. The molecule has 140 valence electrons. The number of hydrogen-bond donors (Lipinski definition) is 1. The smallest absolute Gasteiger partial charge is 0.0488 e. The van der Waals surface area contributed by atoms with Crippen molar-refractivity contribution in [2.24, 2.45) is 0 Å². The van der Waals surface area contributed by atoms with Gasteiger partial charge < -0.3 is 9.88 Å². The van der Waals surface area contributed by atoms with Crippen LogP contribution in [0.4, 0.5) is 0 Å². The Labute approximate surface area is 168 Å². The van der Waals surface area contributed by atoms with Crippen molar-refractivity contribution in [2.75, 3.05) is 6.54 Å². The minimum absolute atomic E-state index is 0. The quantitative estimate of drug-likeness (QED) is 0.701. The molecule has 0 amide bonds. The van der Waals surface area contributed by atoms with Gasteiger partial charge >= 0.3 is 0 Å². The Kier molecular flexibility index (Phi) is 6.73. The fourth-order valence-corrected chi connectivity index (χ4v) is 3.90. The predicted octanol–water partition coefficient (Wildman–Crippen LogP) is 4.69. The third kappa shape index (κ3) is 3.62. The lowest BCUT2D eigenvalue weighted by Gasteiger charge is -2.17. The Morgan fingerprint density at radius 3 is 2.62 bits per heavy atom. The summed E-state index contributed by atoms with van der Waals surface area (Å²) in [4.78, 5) is 4.44. The lowest BCUT2D eigenvalue weighted by atomic mass is 9.99. The van der Waals surface area contributed by atoms with E-state index in [4.69, 9.17) is 0 Å². The Morgan fingerprint density at radius 1 is 1.08 bits per heavy atom. The average molecular weight is 392 g/mol. The molecular formula is C21H27Cl2N3. The van der Waals surface area contributed by atoms with Gasteiger partial charge in [0.05, 0.1) is 0 Å². The summed E-state index contributed by atoms with van der Waals surface area (Å²) >= 11 is 0. The van der Waals surface area contributed by atoms with Gasteiger partial charge in [0.1, 0.15) is 0 Å². The van der Waals surface area contributed by atoms with Crippen LogP contribution in [0.15, 0.2) is 30.5 Å². The van der Waals surface area contributed by atoms with E-state index in [1.165, 1.54) is 38.9 Å². The van der Waals surface area contributed by atoms with Crippen LogP contribution in [0.5, 0.6) is 0 Å². The minimum Gasteiger partial charge on any atom is -0.344 e. The molecule has 3 nitrogen and oxygen atoms in total. The second-order valence-corrected chi connectivity index (χ2v) is 6.96. The summed E-state index contributed by atoms with van der Waals surface area (Å²) in [5.74, 6) is 0. The topological polar surface area (TPSA) is 29.9 Å². The summed E-state index contributed by atoms with van der Waals surface area (Å²) in [6.07, 6.45) is 4.17. The number of nitrogens with zero attached hydrogens (tertiary/aromatic N) is 2. The summed E-state index contributed by atoms with van der Waals surface area (Å²) < 4.78 is 2.55. The number of hydrogen-bond acceptors (Lipinski definition) is 2. The van der Waals surface area contributed by atoms with Crippen LogP contribution in [0, 0.1) is 20.8 Å². The molecular weight excluding hydrogens is 365 g/mol. The number of pyridine rings is 1. The highest BCUT2D eigenvalue weighted by atomic mass is 35.5. The molecule has 1 aliphatic heterocycles. The maximum absolute atomic E-state index is 4.44. The Balaban J connectivity index is 0.00000121. The molecule has 4 rings (SSSR count). The van der Waals surface area contributed by atoms with Crippen molar-refractivity contribution >= 4 is 35.7 Å². The molecule has 0 atom stereocenters. The summed E-state index contributed by atoms with van der Waals surface area (Å²) in [5, 5.41) is 5.02. The molecule has 0 aliphatic carbocycles. The fourth-order valence-electron chi connectivity index (χ4n) is 3.90. The van der Waals surface area contributed by atoms with Gasteiger partial charge in [0.2, 0.25) is 0 Å². The largest absolute Gasteiger partial charge is 0.344 e. The molecule has 2 aromatic heterocycles. The SMILES string of the molecule is Cc1ccc(CCn2c3c(c4c(C)c(C)ccc42)CNCC3)cn1.Cl.Cl. The zero-order chi connectivity index (χ0) is 16.7. The maximum atomic E-state index is 4.44. The Bertz CT molecular complexity index is 898. The van der Waals surface area contributed by atoms with Gasteiger partial charge in [0, 0.05) is 54.5 Å². The molecule has 1 aliphatic rings. The lowest BCUT2D eigenvalue weighted by Crippen LogP contribution is -2.25. The Morgan fingerprint density at radius 2 is 1.88 bits per heavy atom. The van der Waals surface area contributed by atoms with E-state index in [1.807, 2.05) is 13.1 Å². The van der Waals surface area contributed by atoms with Crippen LogP contribution < -0.4 is 5.32 Å². The number of aromatic nitrogens is 2. The predicted molar refractivity (Wildman–Crippen MR) is 114 cm³/mol. The number of halogens is 2. The molecule has 0 bridgehead atoms. The monoisotopic (exact) mass is 391 g/mol. The molecule has 0 fully saturated rings. The highest BCUT2D eigenvalue weighted by Gasteiger charge is 2.21. The highest BCUT2D eigenvalue weighted by molar-refractivity contribution is 5.90. The van der Waals surface area contributed by atoms with Crippen molar-refractivity contribution in [1.29, 1.82) is 0 Å².